The Morgan fingerprint density at radius 2 is 2.00 bits per heavy atom. The summed E-state index contributed by atoms with van der Waals surface area (Å²) in [5.74, 6) is 1.66. The topological polar surface area (TPSA) is 49.2 Å². The number of aromatic nitrogens is 3. The number of rotatable bonds is 8. The number of ether oxygens (including phenoxy) is 2. The molecule has 3 aromatic rings. The summed E-state index contributed by atoms with van der Waals surface area (Å²) >= 11 is 1.69. The maximum Gasteiger partial charge on any atom is 0.169 e. The van der Waals surface area contributed by atoms with Gasteiger partial charge in [0, 0.05) is 44.7 Å². The maximum atomic E-state index is 5.85. The Kier molecular flexibility index (Phi) is 5.94. The zero-order valence-corrected chi connectivity index (χ0v) is 15.7. The highest BCUT2D eigenvalue weighted by Gasteiger charge is 2.11. The Labute approximate surface area is 152 Å². The van der Waals surface area contributed by atoms with Crippen molar-refractivity contribution in [2.45, 2.75) is 24.3 Å². The molecule has 2 aromatic heterocycles. The van der Waals surface area contributed by atoms with Gasteiger partial charge in [-0.25, -0.2) is 4.98 Å². The van der Waals surface area contributed by atoms with Crippen LogP contribution in [0.1, 0.15) is 17.7 Å². The summed E-state index contributed by atoms with van der Waals surface area (Å²) in [5.41, 5.74) is 4.28. The molecule has 1 aromatic carbocycles. The summed E-state index contributed by atoms with van der Waals surface area (Å²) in [7, 11) is 3.75. The van der Waals surface area contributed by atoms with Crippen LogP contribution >= 0.6 is 11.8 Å². The molecule has 6 heteroatoms. The van der Waals surface area contributed by atoms with Crippen molar-refractivity contribution in [3.63, 3.8) is 0 Å². The van der Waals surface area contributed by atoms with E-state index in [0.717, 1.165) is 45.4 Å². The first-order valence-electron chi connectivity index (χ1n) is 8.31. The van der Waals surface area contributed by atoms with Gasteiger partial charge in [0.15, 0.2) is 5.16 Å². The minimum atomic E-state index is 0.649. The molecule has 0 fully saturated rings. The van der Waals surface area contributed by atoms with Crippen molar-refractivity contribution in [3.8, 4) is 5.75 Å². The highest BCUT2D eigenvalue weighted by Crippen LogP contribution is 2.28. The van der Waals surface area contributed by atoms with Gasteiger partial charge in [0.05, 0.1) is 23.3 Å². The summed E-state index contributed by atoms with van der Waals surface area (Å²) in [6.07, 6.45) is 2.69. The first-order valence-corrected chi connectivity index (χ1v) is 9.29. The lowest BCUT2D eigenvalue weighted by atomic mass is 10.2. The minimum absolute atomic E-state index is 0.649. The number of pyridine rings is 1. The number of fused-ring (bicyclic) bond motifs is 1. The van der Waals surface area contributed by atoms with E-state index in [0.29, 0.717) is 13.2 Å². The van der Waals surface area contributed by atoms with Gasteiger partial charge in [0.2, 0.25) is 0 Å². The van der Waals surface area contributed by atoms with Crippen molar-refractivity contribution in [1.82, 2.24) is 14.5 Å². The lowest BCUT2D eigenvalue weighted by molar-refractivity contribution is 0.172. The molecule has 0 amide bonds. The Morgan fingerprint density at radius 3 is 2.80 bits per heavy atom. The highest BCUT2D eigenvalue weighted by atomic mass is 32.2. The first-order chi connectivity index (χ1) is 12.2. The molecule has 0 N–H and O–H groups in total. The van der Waals surface area contributed by atoms with E-state index >= 15 is 0 Å². The standard InChI is InChI=1S/C19H23N3O2S/c1-14-16(20-10-9-18(14)24-12-6-11-23-3)13-25-19-21-15-7-4-5-8-17(15)22(19)2/h4-5,7-10H,6,11-13H2,1-3H3. The second-order valence-corrected chi connectivity index (χ2v) is 6.75. The molecule has 25 heavy (non-hydrogen) atoms. The van der Waals surface area contributed by atoms with Crippen LogP contribution in [0.4, 0.5) is 0 Å². The molecule has 0 aliphatic rings. The Bertz CT molecular complexity index is 848. The van der Waals surface area contributed by atoms with E-state index in [1.54, 1.807) is 18.9 Å². The number of hydrogen-bond donors (Lipinski definition) is 0. The molecule has 0 aliphatic carbocycles. The van der Waals surface area contributed by atoms with Crippen LogP contribution in [0.15, 0.2) is 41.7 Å². The van der Waals surface area contributed by atoms with Gasteiger partial charge in [-0.3, -0.25) is 4.98 Å². The van der Waals surface area contributed by atoms with E-state index in [1.165, 1.54) is 0 Å². The highest BCUT2D eigenvalue weighted by molar-refractivity contribution is 7.98. The zero-order valence-electron chi connectivity index (χ0n) is 14.9. The molecule has 0 atom stereocenters. The SMILES string of the molecule is COCCCOc1ccnc(CSc2nc3ccccc3n2C)c1C. The van der Waals surface area contributed by atoms with Crippen molar-refractivity contribution in [2.75, 3.05) is 20.3 Å². The third kappa shape index (κ3) is 4.14. The Morgan fingerprint density at radius 1 is 1.16 bits per heavy atom. The van der Waals surface area contributed by atoms with Crippen molar-refractivity contribution in [2.24, 2.45) is 7.05 Å². The largest absolute Gasteiger partial charge is 0.493 e. The summed E-state index contributed by atoms with van der Waals surface area (Å²) in [6.45, 7) is 3.42. The van der Waals surface area contributed by atoms with E-state index in [9.17, 15) is 0 Å². The molecule has 0 bridgehead atoms. The number of benzene rings is 1. The van der Waals surface area contributed by atoms with Gasteiger partial charge in [0.25, 0.3) is 0 Å². The van der Waals surface area contributed by atoms with Crippen LogP contribution in [0.2, 0.25) is 0 Å². The third-order valence-corrected chi connectivity index (χ3v) is 5.13. The fourth-order valence-electron chi connectivity index (χ4n) is 2.63. The van der Waals surface area contributed by atoms with Crippen molar-refractivity contribution >= 4 is 22.8 Å². The van der Waals surface area contributed by atoms with E-state index in [-0.39, 0.29) is 0 Å². The number of hydrogen-bond acceptors (Lipinski definition) is 5. The summed E-state index contributed by atoms with van der Waals surface area (Å²) < 4.78 is 13.0. The lowest BCUT2D eigenvalue weighted by Crippen LogP contribution is -2.04. The zero-order chi connectivity index (χ0) is 17.6. The molecule has 0 unspecified atom stereocenters. The van der Waals surface area contributed by atoms with Gasteiger partial charge in [-0.1, -0.05) is 23.9 Å². The van der Waals surface area contributed by atoms with Gasteiger partial charge in [-0.05, 0) is 25.1 Å². The van der Waals surface area contributed by atoms with Gasteiger partial charge in [-0.15, -0.1) is 0 Å². The number of methoxy groups -OCH3 is 1. The molecular formula is C19H23N3O2S. The minimum Gasteiger partial charge on any atom is -0.493 e. The Balaban J connectivity index is 1.69. The first kappa shape index (κ1) is 17.8. The van der Waals surface area contributed by atoms with Gasteiger partial charge < -0.3 is 14.0 Å². The normalized spacial score (nSPS) is 11.2. The predicted molar refractivity (Wildman–Crippen MR) is 101 cm³/mol. The molecule has 0 saturated heterocycles. The van der Waals surface area contributed by atoms with E-state index in [2.05, 4.69) is 22.5 Å². The van der Waals surface area contributed by atoms with Crippen LogP contribution in [0.3, 0.4) is 0 Å². The summed E-state index contributed by atoms with van der Waals surface area (Å²) in [5, 5.41) is 0.994. The summed E-state index contributed by atoms with van der Waals surface area (Å²) in [6, 6.07) is 10.1. The second-order valence-electron chi connectivity index (χ2n) is 5.81. The van der Waals surface area contributed by atoms with Crippen LogP contribution in [0, 0.1) is 6.92 Å². The average molecular weight is 357 g/mol. The Hall–Kier alpha value is -2.05. The van der Waals surface area contributed by atoms with Crippen molar-refractivity contribution in [3.05, 3.63) is 47.8 Å². The smallest absolute Gasteiger partial charge is 0.169 e. The lowest BCUT2D eigenvalue weighted by Gasteiger charge is -2.11. The molecule has 132 valence electrons. The molecule has 0 spiro atoms. The maximum absolute atomic E-state index is 5.85. The second kappa shape index (κ2) is 8.36. The monoisotopic (exact) mass is 357 g/mol. The van der Waals surface area contributed by atoms with Gasteiger partial charge >= 0.3 is 0 Å². The molecule has 3 rings (SSSR count). The third-order valence-electron chi connectivity index (χ3n) is 4.09. The van der Waals surface area contributed by atoms with Crippen molar-refractivity contribution < 1.29 is 9.47 Å². The number of nitrogens with zero attached hydrogens (tertiary/aromatic N) is 3. The molecule has 0 saturated carbocycles. The van der Waals surface area contributed by atoms with Crippen LogP contribution in [0.25, 0.3) is 11.0 Å². The van der Waals surface area contributed by atoms with Crippen LogP contribution < -0.4 is 4.74 Å². The average Bonchev–Trinajstić information content (AvgIpc) is 2.95. The van der Waals surface area contributed by atoms with E-state index in [4.69, 9.17) is 14.5 Å². The fraction of sp³-hybridized carbons (Fsp3) is 0.368. The van der Waals surface area contributed by atoms with E-state index in [1.807, 2.05) is 37.5 Å². The summed E-state index contributed by atoms with van der Waals surface area (Å²) in [4.78, 5) is 9.22. The van der Waals surface area contributed by atoms with Gasteiger partial charge in [-0.2, -0.15) is 0 Å². The molecule has 5 nitrogen and oxygen atoms in total. The quantitative estimate of drug-likeness (QED) is 0.451. The van der Waals surface area contributed by atoms with E-state index < -0.39 is 0 Å². The van der Waals surface area contributed by atoms with Crippen LogP contribution in [-0.2, 0) is 17.5 Å². The molecular weight excluding hydrogens is 334 g/mol. The molecule has 2 heterocycles. The molecule has 0 aliphatic heterocycles. The molecule has 0 radical (unpaired) electrons. The van der Waals surface area contributed by atoms with Gasteiger partial charge in [0.1, 0.15) is 5.75 Å². The number of aryl methyl sites for hydroxylation is 1. The predicted octanol–water partition coefficient (Wildman–Crippen LogP) is 3.98. The number of thioether (sulfide) groups is 1. The number of imidazole rings is 1. The van der Waals surface area contributed by atoms with Crippen LogP contribution in [-0.4, -0.2) is 34.9 Å². The number of para-hydroxylation sites is 2. The van der Waals surface area contributed by atoms with Crippen molar-refractivity contribution in [1.29, 1.82) is 0 Å². The fourth-order valence-corrected chi connectivity index (χ4v) is 3.64. The van der Waals surface area contributed by atoms with Crippen LogP contribution in [0.5, 0.6) is 5.75 Å².